The van der Waals surface area contributed by atoms with Crippen molar-refractivity contribution in [2.75, 3.05) is 11.9 Å². The molecule has 3 aromatic rings. The van der Waals surface area contributed by atoms with E-state index in [0.29, 0.717) is 17.8 Å². The molecule has 0 unspecified atom stereocenters. The number of nitrogens with one attached hydrogen (secondary N) is 1. The van der Waals surface area contributed by atoms with Crippen LogP contribution >= 0.6 is 0 Å². The van der Waals surface area contributed by atoms with Gasteiger partial charge in [0.2, 0.25) is 0 Å². The minimum absolute atomic E-state index is 0.190. The molecule has 0 atom stereocenters. The van der Waals surface area contributed by atoms with E-state index in [4.69, 9.17) is 0 Å². The van der Waals surface area contributed by atoms with Crippen molar-refractivity contribution in [3.05, 3.63) is 83.1 Å². The number of rotatable bonds is 5. The van der Waals surface area contributed by atoms with Gasteiger partial charge in [0.05, 0.1) is 5.57 Å². The van der Waals surface area contributed by atoms with Crippen molar-refractivity contribution in [1.29, 1.82) is 0 Å². The molecule has 152 valence electrons. The molecule has 1 heterocycles. The van der Waals surface area contributed by atoms with Crippen LogP contribution in [-0.2, 0) is 9.59 Å². The molecule has 0 spiro atoms. The van der Waals surface area contributed by atoms with Crippen molar-refractivity contribution in [2.24, 2.45) is 5.92 Å². The molecule has 0 aliphatic carbocycles. The van der Waals surface area contributed by atoms with E-state index >= 15 is 0 Å². The fourth-order valence-electron chi connectivity index (χ4n) is 4.04. The average Bonchev–Trinajstić information content (AvgIpc) is 2.93. The molecule has 0 radical (unpaired) electrons. The van der Waals surface area contributed by atoms with Crippen LogP contribution in [0.5, 0.6) is 0 Å². The zero-order valence-electron chi connectivity index (χ0n) is 17.8. The maximum absolute atomic E-state index is 13.4. The van der Waals surface area contributed by atoms with Gasteiger partial charge in [-0.2, -0.15) is 0 Å². The van der Waals surface area contributed by atoms with Crippen LogP contribution in [0.15, 0.2) is 66.4 Å². The van der Waals surface area contributed by atoms with Crippen LogP contribution in [0.1, 0.15) is 30.5 Å². The first-order chi connectivity index (χ1) is 14.4. The van der Waals surface area contributed by atoms with Gasteiger partial charge in [-0.05, 0) is 42.3 Å². The number of hydrogen-bond acceptors (Lipinski definition) is 3. The van der Waals surface area contributed by atoms with Crippen LogP contribution in [0.2, 0.25) is 0 Å². The number of anilines is 1. The summed E-state index contributed by atoms with van der Waals surface area (Å²) in [5.41, 5.74) is 4.52. The van der Waals surface area contributed by atoms with Crippen LogP contribution in [0.4, 0.5) is 5.69 Å². The van der Waals surface area contributed by atoms with Gasteiger partial charge in [0, 0.05) is 17.6 Å². The fraction of sp³-hybridized carbons (Fsp3) is 0.231. The van der Waals surface area contributed by atoms with Gasteiger partial charge in [0.1, 0.15) is 5.70 Å². The highest BCUT2D eigenvalue weighted by atomic mass is 16.2. The highest BCUT2D eigenvalue weighted by molar-refractivity contribution is 6.37. The summed E-state index contributed by atoms with van der Waals surface area (Å²) in [7, 11) is 0. The number of aryl methyl sites for hydroxylation is 2. The van der Waals surface area contributed by atoms with E-state index in [9.17, 15) is 9.59 Å². The first kappa shape index (κ1) is 19.9. The summed E-state index contributed by atoms with van der Waals surface area (Å²) >= 11 is 0. The number of nitrogens with zero attached hydrogens (tertiary/aromatic N) is 1. The van der Waals surface area contributed by atoms with E-state index < -0.39 is 0 Å². The lowest BCUT2D eigenvalue weighted by molar-refractivity contribution is -0.137. The summed E-state index contributed by atoms with van der Waals surface area (Å²) in [5.74, 6) is -0.310. The van der Waals surface area contributed by atoms with Gasteiger partial charge in [-0.15, -0.1) is 0 Å². The zero-order valence-corrected chi connectivity index (χ0v) is 17.8. The van der Waals surface area contributed by atoms with Crippen molar-refractivity contribution in [2.45, 2.75) is 27.7 Å². The normalized spacial score (nSPS) is 14.4. The summed E-state index contributed by atoms with van der Waals surface area (Å²) in [6.45, 7) is 8.41. The van der Waals surface area contributed by atoms with Crippen molar-refractivity contribution in [3.8, 4) is 0 Å². The van der Waals surface area contributed by atoms with E-state index in [1.165, 1.54) is 4.90 Å². The minimum Gasteiger partial charge on any atom is -0.350 e. The van der Waals surface area contributed by atoms with Crippen molar-refractivity contribution < 1.29 is 9.59 Å². The molecular formula is C26H26N2O2. The molecule has 4 nitrogen and oxygen atoms in total. The summed E-state index contributed by atoms with van der Waals surface area (Å²) < 4.78 is 0. The molecule has 3 aromatic carbocycles. The molecule has 4 heteroatoms. The maximum atomic E-state index is 13.4. The second-order valence-corrected chi connectivity index (χ2v) is 8.33. The molecule has 0 saturated carbocycles. The van der Waals surface area contributed by atoms with Gasteiger partial charge >= 0.3 is 0 Å². The second-order valence-electron chi connectivity index (χ2n) is 8.33. The number of carbonyl (C=O) groups is 2. The third-order valence-electron chi connectivity index (χ3n) is 5.42. The molecule has 0 bridgehead atoms. The van der Waals surface area contributed by atoms with E-state index in [2.05, 4.69) is 5.32 Å². The van der Waals surface area contributed by atoms with Gasteiger partial charge in [0.25, 0.3) is 11.8 Å². The Kier molecular flexibility index (Phi) is 5.17. The number of hydrogen-bond donors (Lipinski definition) is 1. The Bertz CT molecular complexity index is 1190. The van der Waals surface area contributed by atoms with Gasteiger partial charge < -0.3 is 5.32 Å². The lowest BCUT2D eigenvalue weighted by atomic mass is 9.97. The Balaban J connectivity index is 1.87. The van der Waals surface area contributed by atoms with Crippen LogP contribution < -0.4 is 5.32 Å². The number of fused-ring (bicyclic) bond motifs is 1. The maximum Gasteiger partial charge on any atom is 0.278 e. The highest BCUT2D eigenvalue weighted by Crippen LogP contribution is 2.34. The van der Waals surface area contributed by atoms with Crippen molar-refractivity contribution in [1.82, 2.24) is 4.90 Å². The third kappa shape index (κ3) is 3.50. The third-order valence-corrected chi connectivity index (χ3v) is 5.42. The lowest BCUT2D eigenvalue weighted by Crippen LogP contribution is -2.35. The zero-order chi connectivity index (χ0) is 21.4. The molecule has 1 aliphatic rings. The fourth-order valence-corrected chi connectivity index (χ4v) is 4.04. The van der Waals surface area contributed by atoms with E-state index in [-0.39, 0.29) is 17.7 Å². The number of carbonyl (C=O) groups excluding carboxylic acids is 2. The number of benzene rings is 3. The van der Waals surface area contributed by atoms with E-state index in [1.807, 2.05) is 88.4 Å². The first-order valence-electron chi connectivity index (χ1n) is 10.3. The molecule has 30 heavy (non-hydrogen) atoms. The second kappa shape index (κ2) is 7.79. The molecule has 0 saturated heterocycles. The monoisotopic (exact) mass is 398 g/mol. The molecule has 1 aliphatic heterocycles. The first-order valence-corrected chi connectivity index (χ1v) is 10.3. The van der Waals surface area contributed by atoms with Gasteiger partial charge in [0.15, 0.2) is 0 Å². The summed E-state index contributed by atoms with van der Waals surface area (Å²) in [6, 6.07) is 19.9. The molecule has 4 rings (SSSR count). The smallest absolute Gasteiger partial charge is 0.278 e. The van der Waals surface area contributed by atoms with Gasteiger partial charge in [-0.25, -0.2) is 0 Å². The predicted octanol–water partition coefficient (Wildman–Crippen LogP) is 5.30. The standard InChI is InChI=1S/C26H26N2O2/c1-16(2)15-28-25(29)23(20-13-12-17(3)14-18(20)4)24(26(28)30)27-22-11-7-9-19-8-5-6-10-21(19)22/h5-14,16,27H,15H2,1-4H3. The highest BCUT2D eigenvalue weighted by Gasteiger charge is 2.39. The Morgan fingerprint density at radius 1 is 0.900 bits per heavy atom. The van der Waals surface area contributed by atoms with Crippen molar-refractivity contribution >= 4 is 33.8 Å². The lowest BCUT2D eigenvalue weighted by Gasteiger charge is -2.17. The SMILES string of the molecule is Cc1ccc(C2=C(Nc3cccc4ccccc34)C(=O)N(CC(C)C)C2=O)c(C)c1. The van der Waals surface area contributed by atoms with Gasteiger partial charge in [-0.1, -0.05) is 74.0 Å². The van der Waals surface area contributed by atoms with Crippen LogP contribution in [0, 0.1) is 19.8 Å². The van der Waals surface area contributed by atoms with Crippen LogP contribution in [0.25, 0.3) is 16.3 Å². The number of imide groups is 1. The van der Waals surface area contributed by atoms with Crippen molar-refractivity contribution in [3.63, 3.8) is 0 Å². The predicted molar refractivity (Wildman–Crippen MR) is 122 cm³/mol. The van der Waals surface area contributed by atoms with Crippen LogP contribution in [0.3, 0.4) is 0 Å². The Hall–Kier alpha value is -3.40. The topological polar surface area (TPSA) is 49.4 Å². The van der Waals surface area contributed by atoms with Gasteiger partial charge in [-0.3, -0.25) is 14.5 Å². The summed E-state index contributed by atoms with van der Waals surface area (Å²) in [5, 5.41) is 5.41. The Labute approximate surface area is 177 Å². The summed E-state index contributed by atoms with van der Waals surface area (Å²) in [6.07, 6.45) is 0. The molecular weight excluding hydrogens is 372 g/mol. The number of amides is 2. The minimum atomic E-state index is -0.267. The quantitative estimate of drug-likeness (QED) is 0.593. The molecule has 1 N–H and O–H groups in total. The molecule has 0 aromatic heterocycles. The van der Waals surface area contributed by atoms with E-state index in [0.717, 1.165) is 33.2 Å². The average molecular weight is 399 g/mol. The largest absolute Gasteiger partial charge is 0.350 e. The molecule has 0 fully saturated rings. The van der Waals surface area contributed by atoms with Crippen LogP contribution in [-0.4, -0.2) is 23.3 Å². The molecule has 2 amide bonds. The summed E-state index contributed by atoms with van der Waals surface area (Å²) in [4.78, 5) is 28.1. The Morgan fingerprint density at radius 2 is 1.63 bits per heavy atom. The van der Waals surface area contributed by atoms with E-state index in [1.54, 1.807) is 0 Å². The Morgan fingerprint density at radius 3 is 2.37 bits per heavy atom.